The zero-order chi connectivity index (χ0) is 16.8. The maximum atomic E-state index is 12.4. The van der Waals surface area contributed by atoms with Gasteiger partial charge in [-0.3, -0.25) is 4.79 Å². The van der Waals surface area contributed by atoms with Gasteiger partial charge in [-0.05, 0) is 24.0 Å². The largest absolute Gasteiger partial charge is 0.496 e. The standard InChI is InChI=1S/C17H23NO5/c1-12(9-13-5-3-4-6-15(13)22-2)10-16(19)18-7-8-23-11-14(18)17(20)21/h3-6,12,14H,7-11H2,1-2H3,(H,20,21)/t12-,14-/m1/s1. The van der Waals surface area contributed by atoms with Crippen LogP contribution in [0.1, 0.15) is 18.9 Å². The molecule has 1 N–H and O–H groups in total. The molecule has 0 aliphatic carbocycles. The summed E-state index contributed by atoms with van der Waals surface area (Å²) in [4.78, 5) is 25.1. The van der Waals surface area contributed by atoms with E-state index in [4.69, 9.17) is 9.47 Å². The third-order valence-electron chi connectivity index (χ3n) is 4.02. The van der Waals surface area contributed by atoms with Crippen LogP contribution in [0.2, 0.25) is 0 Å². The smallest absolute Gasteiger partial charge is 0.328 e. The minimum absolute atomic E-state index is 0.0575. The highest BCUT2D eigenvalue weighted by molar-refractivity contribution is 5.84. The second-order valence-electron chi connectivity index (χ2n) is 5.84. The van der Waals surface area contributed by atoms with Crippen molar-refractivity contribution in [3.8, 4) is 5.75 Å². The predicted molar refractivity (Wildman–Crippen MR) is 84.4 cm³/mol. The second kappa shape index (κ2) is 7.97. The Labute approximate surface area is 136 Å². The van der Waals surface area contributed by atoms with Gasteiger partial charge in [-0.15, -0.1) is 0 Å². The molecule has 1 fully saturated rings. The van der Waals surface area contributed by atoms with Crippen LogP contribution >= 0.6 is 0 Å². The highest BCUT2D eigenvalue weighted by Crippen LogP contribution is 2.23. The van der Waals surface area contributed by atoms with Gasteiger partial charge < -0.3 is 19.5 Å². The summed E-state index contributed by atoms with van der Waals surface area (Å²) in [7, 11) is 1.62. The number of carboxylic acid groups (broad SMARTS) is 1. The number of ether oxygens (including phenoxy) is 2. The minimum atomic E-state index is -1.02. The maximum absolute atomic E-state index is 12.4. The summed E-state index contributed by atoms with van der Waals surface area (Å²) < 4.78 is 10.5. The lowest BCUT2D eigenvalue weighted by Gasteiger charge is -2.33. The summed E-state index contributed by atoms with van der Waals surface area (Å²) in [5, 5.41) is 9.20. The molecule has 1 saturated heterocycles. The molecule has 0 saturated carbocycles. The molecular weight excluding hydrogens is 298 g/mol. The van der Waals surface area contributed by atoms with Crippen molar-refractivity contribution in [1.82, 2.24) is 4.90 Å². The van der Waals surface area contributed by atoms with Crippen molar-refractivity contribution >= 4 is 11.9 Å². The second-order valence-corrected chi connectivity index (χ2v) is 5.84. The summed E-state index contributed by atoms with van der Waals surface area (Å²) in [5.74, 6) is -0.254. The Morgan fingerprint density at radius 2 is 2.17 bits per heavy atom. The van der Waals surface area contributed by atoms with Crippen molar-refractivity contribution in [2.75, 3.05) is 26.9 Å². The first-order valence-electron chi connectivity index (χ1n) is 7.74. The van der Waals surface area contributed by atoms with Gasteiger partial charge in [-0.25, -0.2) is 4.79 Å². The molecule has 2 rings (SSSR count). The number of amides is 1. The van der Waals surface area contributed by atoms with Crippen molar-refractivity contribution in [3.05, 3.63) is 29.8 Å². The molecule has 6 heteroatoms. The number of aliphatic carboxylic acids is 1. The van der Waals surface area contributed by atoms with E-state index in [9.17, 15) is 14.7 Å². The summed E-state index contributed by atoms with van der Waals surface area (Å²) in [6.45, 7) is 2.76. The zero-order valence-corrected chi connectivity index (χ0v) is 13.5. The Balaban J connectivity index is 1.97. The first-order chi connectivity index (χ1) is 11.0. The molecule has 0 radical (unpaired) electrons. The quantitative estimate of drug-likeness (QED) is 0.861. The minimum Gasteiger partial charge on any atom is -0.496 e. The number of morpholine rings is 1. The predicted octanol–water partition coefficient (Wildman–Crippen LogP) is 1.58. The molecule has 126 valence electrons. The molecule has 0 spiro atoms. The molecule has 1 aliphatic rings. The van der Waals surface area contributed by atoms with E-state index in [2.05, 4.69) is 0 Å². The van der Waals surface area contributed by atoms with E-state index in [1.165, 1.54) is 4.90 Å². The number of para-hydroxylation sites is 1. The van der Waals surface area contributed by atoms with Crippen LogP contribution in [-0.2, 0) is 20.7 Å². The van der Waals surface area contributed by atoms with Crippen molar-refractivity contribution in [1.29, 1.82) is 0 Å². The number of carboxylic acids is 1. The zero-order valence-electron chi connectivity index (χ0n) is 13.5. The highest BCUT2D eigenvalue weighted by atomic mass is 16.5. The monoisotopic (exact) mass is 321 g/mol. The number of hydrogen-bond donors (Lipinski definition) is 1. The molecule has 1 aliphatic heterocycles. The average Bonchev–Trinajstić information content (AvgIpc) is 2.55. The van der Waals surface area contributed by atoms with Crippen LogP contribution in [-0.4, -0.2) is 54.8 Å². The van der Waals surface area contributed by atoms with Crippen LogP contribution in [0.5, 0.6) is 5.75 Å². The first kappa shape index (κ1) is 17.3. The molecule has 2 atom stereocenters. The van der Waals surface area contributed by atoms with E-state index >= 15 is 0 Å². The lowest BCUT2D eigenvalue weighted by molar-refractivity contribution is -0.158. The number of hydrogen-bond acceptors (Lipinski definition) is 4. The Hall–Kier alpha value is -2.08. The van der Waals surface area contributed by atoms with Gasteiger partial charge in [-0.2, -0.15) is 0 Å². The summed E-state index contributed by atoms with van der Waals surface area (Å²) in [6.07, 6.45) is 1.01. The molecule has 1 amide bonds. The van der Waals surface area contributed by atoms with Crippen molar-refractivity contribution in [2.24, 2.45) is 5.92 Å². The fourth-order valence-electron chi connectivity index (χ4n) is 2.84. The van der Waals surface area contributed by atoms with Gasteiger partial charge in [0.1, 0.15) is 5.75 Å². The lowest BCUT2D eigenvalue weighted by Crippen LogP contribution is -2.52. The molecule has 1 heterocycles. The SMILES string of the molecule is COc1ccccc1C[C@@H](C)CC(=O)N1CCOC[C@@H]1C(=O)O. The van der Waals surface area contributed by atoms with Crippen LogP contribution in [0.15, 0.2) is 24.3 Å². The topological polar surface area (TPSA) is 76.1 Å². The van der Waals surface area contributed by atoms with Gasteiger partial charge in [0.05, 0.1) is 20.3 Å². The molecule has 0 aromatic heterocycles. The molecule has 0 bridgehead atoms. The number of rotatable bonds is 6. The number of carbonyl (C=O) groups excluding carboxylic acids is 1. The van der Waals surface area contributed by atoms with E-state index in [0.29, 0.717) is 26.0 Å². The van der Waals surface area contributed by atoms with E-state index in [0.717, 1.165) is 11.3 Å². The maximum Gasteiger partial charge on any atom is 0.328 e. The molecule has 6 nitrogen and oxygen atoms in total. The third-order valence-corrected chi connectivity index (χ3v) is 4.02. The van der Waals surface area contributed by atoms with Crippen molar-refractivity contribution < 1.29 is 24.2 Å². The Morgan fingerprint density at radius 3 is 2.87 bits per heavy atom. The van der Waals surface area contributed by atoms with Gasteiger partial charge in [0.2, 0.25) is 5.91 Å². The van der Waals surface area contributed by atoms with Gasteiger partial charge in [0.25, 0.3) is 0 Å². The summed E-state index contributed by atoms with van der Waals surface area (Å²) in [6, 6.07) is 6.84. The van der Waals surface area contributed by atoms with Crippen LogP contribution in [0.4, 0.5) is 0 Å². The number of nitrogens with zero attached hydrogens (tertiary/aromatic N) is 1. The average molecular weight is 321 g/mol. The van der Waals surface area contributed by atoms with E-state index < -0.39 is 12.0 Å². The van der Waals surface area contributed by atoms with Crippen LogP contribution in [0, 0.1) is 5.92 Å². The molecule has 1 aromatic rings. The fraction of sp³-hybridized carbons (Fsp3) is 0.529. The van der Waals surface area contributed by atoms with Crippen LogP contribution in [0.3, 0.4) is 0 Å². The van der Waals surface area contributed by atoms with Gasteiger partial charge >= 0.3 is 5.97 Å². The summed E-state index contributed by atoms with van der Waals surface area (Å²) in [5.41, 5.74) is 1.05. The summed E-state index contributed by atoms with van der Waals surface area (Å²) >= 11 is 0. The van der Waals surface area contributed by atoms with Gasteiger partial charge in [-0.1, -0.05) is 25.1 Å². The Morgan fingerprint density at radius 1 is 1.43 bits per heavy atom. The van der Waals surface area contributed by atoms with E-state index in [1.54, 1.807) is 7.11 Å². The normalized spacial score (nSPS) is 19.2. The van der Waals surface area contributed by atoms with Gasteiger partial charge in [0, 0.05) is 13.0 Å². The van der Waals surface area contributed by atoms with Crippen LogP contribution < -0.4 is 4.74 Å². The first-order valence-corrected chi connectivity index (χ1v) is 7.74. The number of carbonyl (C=O) groups is 2. The Kier molecular flexibility index (Phi) is 5.98. The molecular formula is C17H23NO5. The number of benzene rings is 1. The highest BCUT2D eigenvalue weighted by Gasteiger charge is 2.33. The molecule has 1 aromatic carbocycles. The Bertz CT molecular complexity index is 560. The van der Waals surface area contributed by atoms with Crippen LogP contribution in [0.25, 0.3) is 0 Å². The fourth-order valence-corrected chi connectivity index (χ4v) is 2.84. The molecule has 23 heavy (non-hydrogen) atoms. The molecule has 0 unspecified atom stereocenters. The van der Waals surface area contributed by atoms with E-state index in [-0.39, 0.29) is 18.4 Å². The van der Waals surface area contributed by atoms with Crippen molar-refractivity contribution in [3.63, 3.8) is 0 Å². The van der Waals surface area contributed by atoms with Crippen molar-refractivity contribution in [2.45, 2.75) is 25.8 Å². The number of methoxy groups -OCH3 is 1. The van der Waals surface area contributed by atoms with E-state index in [1.807, 2.05) is 31.2 Å². The lowest BCUT2D eigenvalue weighted by atomic mass is 9.96. The van der Waals surface area contributed by atoms with Gasteiger partial charge in [0.15, 0.2) is 6.04 Å². The third kappa shape index (κ3) is 4.45.